The van der Waals surface area contributed by atoms with Crippen LogP contribution in [0.15, 0.2) is 12.3 Å². The number of anilines is 1. The van der Waals surface area contributed by atoms with Gasteiger partial charge in [0, 0.05) is 24.1 Å². The van der Waals surface area contributed by atoms with Crippen molar-refractivity contribution in [2.75, 3.05) is 11.9 Å². The Bertz CT molecular complexity index is 608. The van der Waals surface area contributed by atoms with Gasteiger partial charge in [0.25, 0.3) is 0 Å². The summed E-state index contributed by atoms with van der Waals surface area (Å²) in [5.41, 5.74) is 1.77. The minimum atomic E-state index is -0.427. The monoisotopic (exact) mass is 315 g/mol. The van der Waals surface area contributed by atoms with Crippen LogP contribution in [0, 0.1) is 12.3 Å². The molecule has 0 spiro atoms. The number of aryl methyl sites for hydroxylation is 1. The second kappa shape index (κ2) is 6.81. The molecule has 0 N–H and O–H groups in total. The predicted molar refractivity (Wildman–Crippen MR) is 95.5 cm³/mol. The fourth-order valence-electron chi connectivity index (χ4n) is 3.12. The van der Waals surface area contributed by atoms with Gasteiger partial charge in [-0.1, -0.05) is 39.7 Å². The van der Waals surface area contributed by atoms with E-state index in [0.717, 1.165) is 17.2 Å². The number of carbonyl (C=O) groups excluding carboxylic acids is 1. The molecule has 0 bridgehead atoms. The SMILES string of the molecule is C/C=C(/C(=O)C(C)(C)C)c1nc(N(C)C2CCCC2)cnc1C. The summed E-state index contributed by atoms with van der Waals surface area (Å²) < 4.78 is 0. The van der Waals surface area contributed by atoms with E-state index in [1.165, 1.54) is 25.7 Å². The van der Waals surface area contributed by atoms with Crippen LogP contribution in [0.25, 0.3) is 5.57 Å². The molecule has 1 heterocycles. The zero-order chi connectivity index (χ0) is 17.2. The number of aromatic nitrogens is 2. The van der Waals surface area contributed by atoms with Crippen LogP contribution in [0.4, 0.5) is 5.82 Å². The fourth-order valence-corrected chi connectivity index (χ4v) is 3.12. The molecule has 1 aliphatic carbocycles. The molecule has 1 aromatic rings. The summed E-state index contributed by atoms with van der Waals surface area (Å²) in [4.78, 5) is 24.3. The van der Waals surface area contributed by atoms with Gasteiger partial charge in [-0.05, 0) is 26.7 Å². The second-order valence-corrected chi connectivity index (χ2v) is 7.49. The van der Waals surface area contributed by atoms with Crippen molar-refractivity contribution < 1.29 is 4.79 Å². The molecule has 0 aromatic carbocycles. The third-order valence-electron chi connectivity index (χ3n) is 4.65. The molecule has 4 heteroatoms. The molecule has 1 aliphatic rings. The fraction of sp³-hybridized carbons (Fsp3) is 0.632. The van der Waals surface area contributed by atoms with Crippen molar-refractivity contribution in [3.05, 3.63) is 23.7 Å². The van der Waals surface area contributed by atoms with Gasteiger partial charge in [-0.25, -0.2) is 4.98 Å². The van der Waals surface area contributed by atoms with E-state index in [9.17, 15) is 4.79 Å². The van der Waals surface area contributed by atoms with Gasteiger partial charge in [0.1, 0.15) is 5.82 Å². The van der Waals surface area contributed by atoms with Crippen molar-refractivity contribution in [3.8, 4) is 0 Å². The molecule has 0 unspecified atom stereocenters. The third-order valence-corrected chi connectivity index (χ3v) is 4.65. The Kier molecular flexibility index (Phi) is 5.23. The highest BCUT2D eigenvalue weighted by Crippen LogP contribution is 2.30. The van der Waals surface area contributed by atoms with Gasteiger partial charge in [0.15, 0.2) is 5.78 Å². The number of carbonyl (C=O) groups is 1. The Balaban J connectivity index is 2.38. The average molecular weight is 315 g/mol. The molecule has 2 rings (SSSR count). The number of hydrogen-bond acceptors (Lipinski definition) is 4. The number of nitrogens with zero attached hydrogens (tertiary/aromatic N) is 3. The van der Waals surface area contributed by atoms with Gasteiger partial charge in [0.05, 0.1) is 17.6 Å². The lowest BCUT2D eigenvalue weighted by Gasteiger charge is -2.26. The minimum Gasteiger partial charge on any atom is -0.355 e. The molecule has 1 fully saturated rings. The van der Waals surface area contributed by atoms with E-state index in [1.807, 2.05) is 46.9 Å². The Morgan fingerprint density at radius 3 is 2.43 bits per heavy atom. The van der Waals surface area contributed by atoms with Crippen molar-refractivity contribution in [1.82, 2.24) is 9.97 Å². The van der Waals surface area contributed by atoms with Crippen LogP contribution in [0.1, 0.15) is 64.8 Å². The zero-order valence-electron chi connectivity index (χ0n) is 15.3. The van der Waals surface area contributed by atoms with Crippen molar-refractivity contribution in [2.24, 2.45) is 5.41 Å². The smallest absolute Gasteiger partial charge is 0.170 e. The van der Waals surface area contributed by atoms with E-state index < -0.39 is 5.41 Å². The van der Waals surface area contributed by atoms with E-state index in [2.05, 4.69) is 16.9 Å². The summed E-state index contributed by atoms with van der Waals surface area (Å²) in [6.45, 7) is 9.64. The topological polar surface area (TPSA) is 46.1 Å². The van der Waals surface area contributed by atoms with Crippen molar-refractivity contribution in [2.45, 2.75) is 66.3 Å². The highest BCUT2D eigenvalue weighted by Gasteiger charge is 2.28. The summed E-state index contributed by atoms with van der Waals surface area (Å²) in [6, 6.07) is 0.534. The van der Waals surface area contributed by atoms with Crippen LogP contribution in [0.2, 0.25) is 0 Å². The number of rotatable bonds is 4. The van der Waals surface area contributed by atoms with Crippen molar-refractivity contribution in [1.29, 1.82) is 0 Å². The average Bonchev–Trinajstić information content (AvgIpc) is 3.02. The molecule has 23 heavy (non-hydrogen) atoms. The van der Waals surface area contributed by atoms with Gasteiger partial charge in [0.2, 0.25) is 0 Å². The minimum absolute atomic E-state index is 0.109. The lowest BCUT2D eigenvalue weighted by atomic mass is 9.84. The van der Waals surface area contributed by atoms with E-state index in [4.69, 9.17) is 4.98 Å². The van der Waals surface area contributed by atoms with Crippen LogP contribution in [-0.4, -0.2) is 28.8 Å². The first kappa shape index (κ1) is 17.6. The van der Waals surface area contributed by atoms with Gasteiger partial charge >= 0.3 is 0 Å². The number of Topliss-reactive ketones (excluding diaryl/α,β-unsaturated/α-hetero) is 1. The largest absolute Gasteiger partial charge is 0.355 e. The molecule has 126 valence electrons. The highest BCUT2D eigenvalue weighted by atomic mass is 16.1. The second-order valence-electron chi connectivity index (χ2n) is 7.49. The summed E-state index contributed by atoms with van der Waals surface area (Å²) >= 11 is 0. The Morgan fingerprint density at radius 1 is 1.30 bits per heavy atom. The van der Waals surface area contributed by atoms with Gasteiger partial charge in [-0.2, -0.15) is 0 Å². The number of hydrogen-bond donors (Lipinski definition) is 0. The summed E-state index contributed by atoms with van der Waals surface area (Å²) in [5.74, 6) is 0.969. The molecular formula is C19H29N3O. The molecule has 0 atom stereocenters. The standard InChI is InChI=1S/C19H29N3O/c1-7-15(18(23)19(3,4)5)17-13(2)20-12-16(21-17)22(6)14-10-8-9-11-14/h7,12,14H,8-11H2,1-6H3/b15-7+. The van der Waals surface area contributed by atoms with Gasteiger partial charge in [-0.15, -0.1) is 0 Å². The van der Waals surface area contributed by atoms with Crippen LogP contribution < -0.4 is 4.90 Å². The quantitative estimate of drug-likeness (QED) is 0.782. The van der Waals surface area contributed by atoms with E-state index in [1.54, 1.807) is 0 Å². The third kappa shape index (κ3) is 3.80. The molecule has 0 aliphatic heterocycles. The van der Waals surface area contributed by atoms with Crippen molar-refractivity contribution in [3.63, 3.8) is 0 Å². The maximum atomic E-state index is 12.7. The van der Waals surface area contributed by atoms with Crippen molar-refractivity contribution >= 4 is 17.2 Å². The number of ketones is 1. The van der Waals surface area contributed by atoms with E-state index in [-0.39, 0.29) is 5.78 Å². The summed E-state index contributed by atoms with van der Waals surface area (Å²) in [7, 11) is 2.08. The molecule has 0 radical (unpaired) electrons. The van der Waals surface area contributed by atoms with Gasteiger partial charge in [-0.3, -0.25) is 9.78 Å². The molecule has 0 saturated heterocycles. The van der Waals surface area contributed by atoms with Crippen LogP contribution in [0.3, 0.4) is 0 Å². The zero-order valence-corrected chi connectivity index (χ0v) is 15.3. The molecular weight excluding hydrogens is 286 g/mol. The van der Waals surface area contributed by atoms with Gasteiger partial charge < -0.3 is 4.90 Å². The van der Waals surface area contributed by atoms with E-state index in [0.29, 0.717) is 11.6 Å². The molecule has 1 saturated carbocycles. The summed E-state index contributed by atoms with van der Waals surface area (Å²) in [6.07, 6.45) is 8.67. The predicted octanol–water partition coefficient (Wildman–Crippen LogP) is 4.18. The molecule has 4 nitrogen and oxygen atoms in total. The Hall–Kier alpha value is -1.71. The van der Waals surface area contributed by atoms with Crippen LogP contribution in [0.5, 0.6) is 0 Å². The lowest BCUT2D eigenvalue weighted by molar-refractivity contribution is -0.120. The molecule has 1 aromatic heterocycles. The normalized spacial score (nSPS) is 16.7. The number of allylic oxidation sites excluding steroid dienone is 2. The Morgan fingerprint density at radius 2 is 1.91 bits per heavy atom. The first-order chi connectivity index (χ1) is 10.8. The maximum absolute atomic E-state index is 12.7. The Labute approximate surface area is 140 Å². The maximum Gasteiger partial charge on any atom is 0.170 e. The van der Waals surface area contributed by atoms with Crippen LogP contribution >= 0.6 is 0 Å². The van der Waals surface area contributed by atoms with E-state index >= 15 is 0 Å². The highest BCUT2D eigenvalue weighted by molar-refractivity contribution is 6.22. The first-order valence-corrected chi connectivity index (χ1v) is 8.53. The lowest BCUT2D eigenvalue weighted by Crippen LogP contribution is -2.30. The molecule has 0 amide bonds. The first-order valence-electron chi connectivity index (χ1n) is 8.53. The van der Waals surface area contributed by atoms with Crippen LogP contribution in [-0.2, 0) is 4.79 Å². The summed E-state index contributed by atoms with van der Waals surface area (Å²) in [5, 5.41) is 0.